The first-order chi connectivity index (χ1) is 6.87. The van der Waals surface area contributed by atoms with Gasteiger partial charge in [-0.2, -0.15) is 18.2 Å². The van der Waals surface area contributed by atoms with Crippen LogP contribution in [0.1, 0.15) is 0 Å². The van der Waals surface area contributed by atoms with E-state index in [1.807, 2.05) is 0 Å². The van der Waals surface area contributed by atoms with E-state index in [0.29, 0.717) is 0 Å². The number of alkyl halides is 3. The molecule has 0 aliphatic carbocycles. The second-order valence-electron chi connectivity index (χ2n) is 2.42. The third kappa shape index (κ3) is 4.68. The molecule has 84 valence electrons. The lowest BCUT2D eigenvalue weighted by molar-refractivity contribution is -0.159. The van der Waals surface area contributed by atoms with Gasteiger partial charge in [0.05, 0.1) is 5.75 Å². The number of ether oxygens (including phenoxy) is 1. The van der Waals surface area contributed by atoms with E-state index >= 15 is 0 Å². The molecule has 1 fully saturated rings. The van der Waals surface area contributed by atoms with Crippen molar-refractivity contribution in [2.75, 3.05) is 12.4 Å². The lowest BCUT2D eigenvalue weighted by atomic mass is 10.7. The van der Waals surface area contributed by atoms with Crippen molar-refractivity contribution in [3.8, 4) is 0 Å². The van der Waals surface area contributed by atoms with Gasteiger partial charge in [-0.1, -0.05) is 11.8 Å². The molecule has 1 aliphatic heterocycles. The van der Waals surface area contributed by atoms with E-state index in [1.54, 1.807) is 0 Å². The molecule has 1 rings (SSSR count). The molecule has 1 N–H and O–H groups in total. The topological polar surface area (TPSA) is 67.8 Å². The van der Waals surface area contributed by atoms with Gasteiger partial charge in [-0.3, -0.25) is 4.79 Å². The van der Waals surface area contributed by atoms with Gasteiger partial charge in [-0.05, 0) is 0 Å². The Bertz CT molecular complexity index is 315. The summed E-state index contributed by atoms with van der Waals surface area (Å²) in [4.78, 5) is 24.4. The monoisotopic (exact) mass is 242 g/mol. The SMILES string of the molecule is O=C1CSC(=NC(=O)OCC(F)(F)F)N1. The summed E-state index contributed by atoms with van der Waals surface area (Å²) in [5.41, 5.74) is 0. The normalized spacial score (nSPS) is 19.1. The van der Waals surface area contributed by atoms with Crippen LogP contribution in [0.3, 0.4) is 0 Å². The van der Waals surface area contributed by atoms with Crippen LogP contribution in [0, 0.1) is 0 Å². The number of carbonyl (C=O) groups excluding carboxylic acids is 2. The smallest absolute Gasteiger partial charge is 0.436 e. The summed E-state index contributed by atoms with van der Waals surface area (Å²) in [6.07, 6.45) is -5.96. The molecule has 0 saturated carbocycles. The van der Waals surface area contributed by atoms with Crippen LogP contribution in [-0.4, -0.2) is 35.7 Å². The Hall–Kier alpha value is -1.25. The quantitative estimate of drug-likeness (QED) is 0.741. The van der Waals surface area contributed by atoms with Crippen LogP contribution >= 0.6 is 11.8 Å². The first-order valence-corrected chi connectivity index (χ1v) is 4.60. The van der Waals surface area contributed by atoms with Crippen molar-refractivity contribution in [1.82, 2.24) is 5.32 Å². The van der Waals surface area contributed by atoms with Gasteiger partial charge in [0.25, 0.3) is 0 Å². The number of aliphatic imine (C=N–C) groups is 1. The van der Waals surface area contributed by atoms with Crippen molar-refractivity contribution < 1.29 is 27.5 Å². The van der Waals surface area contributed by atoms with E-state index in [1.165, 1.54) is 0 Å². The minimum Gasteiger partial charge on any atom is -0.438 e. The van der Waals surface area contributed by atoms with E-state index in [0.717, 1.165) is 11.8 Å². The number of amidine groups is 1. The summed E-state index contributed by atoms with van der Waals surface area (Å²) in [5.74, 6) is -0.270. The Morgan fingerprint density at radius 2 is 2.27 bits per heavy atom. The minimum absolute atomic E-state index is 0.0489. The van der Waals surface area contributed by atoms with Crippen molar-refractivity contribution in [2.24, 2.45) is 4.99 Å². The number of carbonyl (C=O) groups is 2. The second kappa shape index (κ2) is 4.51. The molecular formula is C6H5F3N2O3S. The Balaban J connectivity index is 2.39. The number of nitrogens with one attached hydrogen (secondary N) is 1. The summed E-state index contributed by atoms with van der Waals surface area (Å²) in [6, 6.07) is 0. The van der Waals surface area contributed by atoms with Crippen LogP contribution < -0.4 is 5.32 Å². The molecule has 0 spiro atoms. The molecule has 1 aliphatic rings. The van der Waals surface area contributed by atoms with Crippen LogP contribution in [0.25, 0.3) is 0 Å². The molecule has 5 nitrogen and oxygen atoms in total. The molecule has 1 heterocycles. The maximum absolute atomic E-state index is 11.6. The van der Waals surface area contributed by atoms with E-state index in [-0.39, 0.29) is 16.8 Å². The van der Waals surface area contributed by atoms with Crippen LogP contribution in [-0.2, 0) is 9.53 Å². The number of nitrogens with zero attached hydrogens (tertiary/aromatic N) is 1. The van der Waals surface area contributed by atoms with Crippen molar-refractivity contribution in [1.29, 1.82) is 0 Å². The fourth-order valence-electron chi connectivity index (χ4n) is 0.644. The van der Waals surface area contributed by atoms with Gasteiger partial charge in [0.1, 0.15) is 0 Å². The molecule has 0 unspecified atom stereocenters. The third-order valence-corrected chi connectivity index (χ3v) is 2.01. The highest BCUT2D eigenvalue weighted by Gasteiger charge is 2.29. The number of rotatable bonds is 1. The molecule has 0 atom stereocenters. The summed E-state index contributed by atoms with van der Waals surface area (Å²) < 4.78 is 38.6. The van der Waals surface area contributed by atoms with Crippen molar-refractivity contribution in [2.45, 2.75) is 6.18 Å². The number of amides is 2. The Kier molecular flexibility index (Phi) is 3.56. The highest BCUT2D eigenvalue weighted by atomic mass is 32.2. The van der Waals surface area contributed by atoms with E-state index in [4.69, 9.17) is 0 Å². The van der Waals surface area contributed by atoms with Crippen LogP contribution in [0.4, 0.5) is 18.0 Å². The van der Waals surface area contributed by atoms with Gasteiger partial charge in [-0.15, -0.1) is 0 Å². The molecule has 0 aromatic heterocycles. The van der Waals surface area contributed by atoms with Gasteiger partial charge in [-0.25, -0.2) is 4.79 Å². The van der Waals surface area contributed by atoms with Gasteiger partial charge >= 0.3 is 12.3 Å². The van der Waals surface area contributed by atoms with Crippen molar-refractivity contribution in [3.05, 3.63) is 0 Å². The van der Waals surface area contributed by atoms with Crippen LogP contribution in [0.15, 0.2) is 4.99 Å². The van der Waals surface area contributed by atoms with E-state index in [2.05, 4.69) is 15.0 Å². The zero-order valence-corrected chi connectivity index (χ0v) is 7.94. The zero-order valence-electron chi connectivity index (χ0n) is 7.13. The number of hydrogen-bond donors (Lipinski definition) is 1. The number of hydrogen-bond acceptors (Lipinski definition) is 4. The van der Waals surface area contributed by atoms with Gasteiger partial charge < -0.3 is 10.1 Å². The highest BCUT2D eigenvalue weighted by Crippen LogP contribution is 2.15. The van der Waals surface area contributed by atoms with Gasteiger partial charge in [0, 0.05) is 0 Å². The van der Waals surface area contributed by atoms with Crippen molar-refractivity contribution in [3.63, 3.8) is 0 Å². The summed E-state index contributed by atoms with van der Waals surface area (Å²) in [5, 5.41) is 2.12. The molecule has 1 saturated heterocycles. The van der Waals surface area contributed by atoms with E-state index < -0.39 is 18.9 Å². The largest absolute Gasteiger partial charge is 0.438 e. The number of halogens is 3. The third-order valence-electron chi connectivity index (χ3n) is 1.14. The summed E-state index contributed by atoms with van der Waals surface area (Å²) >= 11 is 0.919. The average Bonchev–Trinajstić information content (AvgIpc) is 2.47. The van der Waals surface area contributed by atoms with Gasteiger partial charge in [0.15, 0.2) is 11.8 Å². The molecule has 15 heavy (non-hydrogen) atoms. The lowest BCUT2D eigenvalue weighted by Crippen LogP contribution is -2.23. The maximum atomic E-state index is 11.6. The zero-order chi connectivity index (χ0) is 11.5. The Morgan fingerprint density at radius 3 is 2.73 bits per heavy atom. The highest BCUT2D eigenvalue weighted by molar-refractivity contribution is 8.15. The Labute approximate surface area is 86.1 Å². The van der Waals surface area contributed by atoms with E-state index in [9.17, 15) is 22.8 Å². The molecule has 9 heteroatoms. The molecule has 0 bridgehead atoms. The van der Waals surface area contributed by atoms with Crippen LogP contribution in [0.5, 0.6) is 0 Å². The molecular weight excluding hydrogens is 237 g/mol. The van der Waals surface area contributed by atoms with Crippen molar-refractivity contribution >= 4 is 28.9 Å². The molecule has 2 amide bonds. The maximum Gasteiger partial charge on any atom is 0.436 e. The van der Waals surface area contributed by atoms with Crippen LogP contribution in [0.2, 0.25) is 0 Å². The molecule has 0 radical (unpaired) electrons. The van der Waals surface area contributed by atoms with Gasteiger partial charge in [0.2, 0.25) is 5.91 Å². The number of thioether (sulfide) groups is 1. The summed E-state index contributed by atoms with van der Waals surface area (Å²) in [7, 11) is 0. The summed E-state index contributed by atoms with van der Waals surface area (Å²) in [6.45, 7) is -1.69. The predicted octanol–water partition coefficient (Wildman–Crippen LogP) is 0.904. The fourth-order valence-corrected chi connectivity index (χ4v) is 1.31. The second-order valence-corrected chi connectivity index (χ2v) is 3.39. The molecule has 0 aromatic rings. The first-order valence-electron chi connectivity index (χ1n) is 3.62. The first kappa shape index (κ1) is 11.8. The fraction of sp³-hybridized carbons (Fsp3) is 0.500. The lowest BCUT2D eigenvalue weighted by Gasteiger charge is -2.04. The minimum atomic E-state index is -4.58. The standard InChI is InChI=1S/C6H5F3N2O3S/c7-6(8,9)2-14-5(13)11-4-10-3(12)1-15-4/h1-2H2,(H,10,11,12,13). The average molecular weight is 242 g/mol. The molecule has 0 aromatic carbocycles. The Morgan fingerprint density at radius 1 is 1.60 bits per heavy atom. The predicted molar refractivity (Wildman–Crippen MR) is 45.4 cm³/mol.